The van der Waals surface area contributed by atoms with Crippen molar-refractivity contribution in [2.24, 2.45) is 5.92 Å². The molecule has 0 bridgehead atoms. The maximum Gasteiger partial charge on any atom is 0.254 e. The minimum atomic E-state index is -3.79. The number of benzene rings is 2. The maximum atomic E-state index is 14.8. The summed E-state index contributed by atoms with van der Waals surface area (Å²) in [5.41, 5.74) is -0.289. The van der Waals surface area contributed by atoms with E-state index in [4.69, 9.17) is 16.3 Å². The molecule has 2 aromatic carbocycles. The Balaban J connectivity index is 1.65. The van der Waals surface area contributed by atoms with E-state index in [9.17, 15) is 31.2 Å². The van der Waals surface area contributed by atoms with Crippen molar-refractivity contribution in [3.63, 3.8) is 0 Å². The first-order valence-electron chi connectivity index (χ1n) is 11.8. The van der Waals surface area contributed by atoms with Gasteiger partial charge in [0.1, 0.15) is 23.5 Å². The molecule has 2 aromatic rings. The van der Waals surface area contributed by atoms with Gasteiger partial charge in [-0.2, -0.15) is 0 Å². The third-order valence-corrected chi connectivity index (χ3v) is 8.25. The van der Waals surface area contributed by atoms with Gasteiger partial charge < -0.3 is 15.0 Å². The molecule has 0 radical (unpaired) electrons. The number of nitrogens with zero attached hydrogens (tertiary/aromatic N) is 1. The lowest BCUT2D eigenvalue weighted by atomic mass is 9.90. The van der Waals surface area contributed by atoms with Gasteiger partial charge in [-0.3, -0.25) is 9.59 Å². The molecule has 2 saturated heterocycles. The first-order valence-corrected chi connectivity index (χ1v) is 14.0. The van der Waals surface area contributed by atoms with Gasteiger partial charge in [0.25, 0.3) is 5.91 Å². The number of carbonyl (C=O) groups excluding carboxylic acids is 2. The highest BCUT2D eigenvalue weighted by Crippen LogP contribution is 2.34. The van der Waals surface area contributed by atoms with E-state index in [1.165, 1.54) is 4.90 Å². The van der Waals surface area contributed by atoms with E-state index < -0.39 is 56.2 Å². The Morgan fingerprint density at radius 1 is 1.11 bits per heavy atom. The Hall–Kier alpha value is -2.63. The molecule has 2 amide bonds. The number of likely N-dealkylation sites (tertiary alicyclic amines) is 1. The number of hydrogen-bond acceptors (Lipinski definition) is 5. The van der Waals surface area contributed by atoms with E-state index >= 15 is 0 Å². The van der Waals surface area contributed by atoms with Crippen molar-refractivity contribution in [3.8, 4) is 0 Å². The van der Waals surface area contributed by atoms with Crippen molar-refractivity contribution in [2.75, 3.05) is 19.5 Å². The lowest BCUT2D eigenvalue weighted by molar-refractivity contribution is -0.128. The van der Waals surface area contributed by atoms with Crippen LogP contribution in [0.2, 0.25) is 5.02 Å². The molecule has 2 fully saturated rings. The quantitative estimate of drug-likeness (QED) is 0.518. The normalized spacial score (nSPS) is 21.0. The predicted octanol–water partition coefficient (Wildman–Crippen LogP) is 4.05. The van der Waals surface area contributed by atoms with E-state index in [1.54, 1.807) is 0 Å². The summed E-state index contributed by atoms with van der Waals surface area (Å²) in [5, 5.41) is 2.37. The van der Waals surface area contributed by atoms with E-state index in [0.717, 1.165) is 36.6 Å². The molecule has 2 aliphatic rings. The number of amides is 2. The van der Waals surface area contributed by atoms with Crippen molar-refractivity contribution in [1.29, 1.82) is 0 Å². The van der Waals surface area contributed by atoms with Crippen LogP contribution in [-0.2, 0) is 19.4 Å². The molecule has 0 saturated carbocycles. The fourth-order valence-corrected chi connectivity index (χ4v) is 5.64. The molecule has 1 unspecified atom stereocenters. The monoisotopic (exact) mass is 558 g/mol. The molecule has 0 aliphatic carbocycles. The van der Waals surface area contributed by atoms with Gasteiger partial charge in [-0.15, -0.1) is 0 Å². The van der Waals surface area contributed by atoms with Gasteiger partial charge >= 0.3 is 0 Å². The van der Waals surface area contributed by atoms with E-state index in [2.05, 4.69) is 5.32 Å². The first kappa shape index (κ1) is 27.4. The molecule has 12 heteroatoms. The molecule has 200 valence electrons. The minimum Gasteiger partial charge on any atom is -0.381 e. The molecule has 2 aliphatic heterocycles. The predicted molar refractivity (Wildman–Crippen MR) is 129 cm³/mol. The van der Waals surface area contributed by atoms with E-state index in [-0.39, 0.29) is 47.6 Å². The number of nitrogens with one attached hydrogen (secondary N) is 1. The van der Waals surface area contributed by atoms with Crippen LogP contribution in [0, 0.1) is 23.4 Å². The largest absolute Gasteiger partial charge is 0.381 e. The van der Waals surface area contributed by atoms with Gasteiger partial charge in [-0.1, -0.05) is 18.5 Å². The molecular formula is C25H26ClF3N2O5S. The molecule has 7 nitrogen and oxygen atoms in total. The highest BCUT2D eigenvalue weighted by atomic mass is 35.5. The number of hydrogen-bond donors (Lipinski definition) is 1. The maximum absolute atomic E-state index is 14.8. The van der Waals surface area contributed by atoms with Crippen LogP contribution < -0.4 is 5.32 Å². The smallest absolute Gasteiger partial charge is 0.254 e. The summed E-state index contributed by atoms with van der Waals surface area (Å²) in [7, 11) is -3.79. The number of ether oxygens (including phenoxy) is 1. The molecule has 1 N–H and O–H groups in total. The number of halogens is 4. The summed E-state index contributed by atoms with van der Waals surface area (Å²) in [5.74, 6) is -4.13. The Kier molecular flexibility index (Phi) is 7.87. The van der Waals surface area contributed by atoms with Gasteiger partial charge in [-0.25, -0.2) is 21.6 Å². The fraction of sp³-hybridized carbons (Fsp3) is 0.440. The third-order valence-electron chi connectivity index (χ3n) is 6.86. The number of carbonyl (C=O) groups is 2. The van der Waals surface area contributed by atoms with Crippen LogP contribution in [0.4, 0.5) is 13.2 Å². The lowest BCUT2D eigenvalue weighted by Crippen LogP contribution is -2.52. The Morgan fingerprint density at radius 2 is 1.81 bits per heavy atom. The summed E-state index contributed by atoms with van der Waals surface area (Å²) >= 11 is 5.69. The van der Waals surface area contributed by atoms with Gasteiger partial charge in [-0.05, 0) is 49.6 Å². The van der Waals surface area contributed by atoms with Crippen molar-refractivity contribution >= 4 is 33.3 Å². The van der Waals surface area contributed by atoms with E-state index in [0.29, 0.717) is 12.8 Å². The van der Waals surface area contributed by atoms with E-state index in [1.807, 2.05) is 6.92 Å². The molecule has 3 atom stereocenters. The number of rotatable bonds is 7. The molecule has 0 spiro atoms. The number of sulfone groups is 1. The molecule has 2 heterocycles. The van der Waals surface area contributed by atoms with Gasteiger partial charge in [0.2, 0.25) is 5.91 Å². The van der Waals surface area contributed by atoms with Crippen molar-refractivity contribution in [3.05, 3.63) is 63.9 Å². The minimum absolute atomic E-state index is 0.0885. The second kappa shape index (κ2) is 10.6. The Morgan fingerprint density at radius 3 is 2.41 bits per heavy atom. The van der Waals surface area contributed by atoms with Crippen molar-refractivity contribution < 1.29 is 35.9 Å². The summed E-state index contributed by atoms with van der Waals surface area (Å²) < 4.78 is 72.3. The second-order valence-corrected chi connectivity index (χ2v) is 11.8. The Labute approximate surface area is 217 Å². The highest BCUT2D eigenvalue weighted by Gasteiger charge is 2.43. The molecule has 37 heavy (non-hydrogen) atoms. The summed E-state index contributed by atoms with van der Waals surface area (Å²) in [6, 6.07) is 2.34. The average molecular weight is 559 g/mol. The zero-order valence-electron chi connectivity index (χ0n) is 20.1. The SMILES string of the molecule is CC[C@@H]1CC[C@H](C(=O)NC(c2cc(F)c(Cl)cc2F)C2COC2)N1C(=O)c1cc(F)cc(S(C)(=O)=O)c1. The fourth-order valence-electron chi connectivity index (χ4n) is 4.82. The third kappa shape index (κ3) is 5.63. The van der Waals surface area contributed by atoms with Crippen LogP contribution in [0.5, 0.6) is 0 Å². The lowest BCUT2D eigenvalue weighted by Gasteiger charge is -2.36. The first-order chi connectivity index (χ1) is 17.4. The van der Waals surface area contributed by atoms with Crippen LogP contribution in [0.15, 0.2) is 35.2 Å². The molecule has 0 aromatic heterocycles. The van der Waals surface area contributed by atoms with Crippen LogP contribution >= 0.6 is 11.6 Å². The Bertz CT molecular complexity index is 1340. The van der Waals surface area contributed by atoms with Gasteiger partial charge in [0.05, 0.1) is 29.2 Å². The zero-order valence-corrected chi connectivity index (χ0v) is 21.7. The van der Waals surface area contributed by atoms with Crippen LogP contribution in [-0.4, -0.2) is 56.7 Å². The standard InChI is InChI=1S/C25H26ClF3N2O5S/c1-3-16-4-5-22(31(16)25(33)13-6-15(27)8-17(7-13)37(2,34)35)24(32)30-23(14-11-36-12-14)18-9-21(29)19(26)10-20(18)28/h6-10,14,16,22-23H,3-5,11-12H2,1-2H3,(H,30,32)/t16-,22-,23?/m1/s1. The highest BCUT2D eigenvalue weighted by molar-refractivity contribution is 7.90. The molecular weight excluding hydrogens is 533 g/mol. The zero-order chi connectivity index (χ0) is 27.1. The van der Waals surface area contributed by atoms with Crippen LogP contribution in [0.25, 0.3) is 0 Å². The topological polar surface area (TPSA) is 92.8 Å². The van der Waals surface area contributed by atoms with Crippen molar-refractivity contribution in [2.45, 2.75) is 49.2 Å². The summed E-state index contributed by atoms with van der Waals surface area (Å²) in [4.78, 5) is 27.9. The summed E-state index contributed by atoms with van der Waals surface area (Å²) in [6.45, 7) is 2.27. The van der Waals surface area contributed by atoms with Gasteiger partial charge in [0, 0.05) is 29.3 Å². The van der Waals surface area contributed by atoms with Crippen LogP contribution in [0.1, 0.15) is 48.1 Å². The average Bonchev–Trinajstić information content (AvgIpc) is 3.22. The summed E-state index contributed by atoms with van der Waals surface area (Å²) in [6.07, 6.45) is 2.17. The van der Waals surface area contributed by atoms with Gasteiger partial charge in [0.15, 0.2) is 9.84 Å². The van der Waals surface area contributed by atoms with Crippen molar-refractivity contribution in [1.82, 2.24) is 10.2 Å². The second-order valence-electron chi connectivity index (χ2n) is 9.39. The van der Waals surface area contributed by atoms with Crippen LogP contribution in [0.3, 0.4) is 0 Å². The molecule has 4 rings (SSSR count).